The lowest BCUT2D eigenvalue weighted by molar-refractivity contribution is -0.384. The summed E-state index contributed by atoms with van der Waals surface area (Å²) < 4.78 is 7.45. The first-order valence-electron chi connectivity index (χ1n) is 9.82. The number of rotatable bonds is 3. The van der Waals surface area contributed by atoms with E-state index in [-0.39, 0.29) is 11.7 Å². The third kappa shape index (κ3) is 3.45. The molecule has 5 rings (SSSR count). The summed E-state index contributed by atoms with van der Waals surface area (Å²) in [6.07, 6.45) is 0.636. The molecule has 3 aromatic rings. The van der Waals surface area contributed by atoms with Gasteiger partial charge in [-0.05, 0) is 42.0 Å². The van der Waals surface area contributed by atoms with Gasteiger partial charge in [0.2, 0.25) is 5.72 Å². The fourth-order valence-electron chi connectivity index (χ4n) is 4.23. The minimum Gasteiger partial charge on any atom is -0.461 e. The van der Waals surface area contributed by atoms with Crippen LogP contribution in [0.4, 0.5) is 5.69 Å². The summed E-state index contributed by atoms with van der Waals surface area (Å²) >= 11 is 16.3. The van der Waals surface area contributed by atoms with Crippen molar-refractivity contribution in [1.29, 1.82) is 0 Å². The molecule has 0 radical (unpaired) electrons. The third-order valence-electron chi connectivity index (χ3n) is 5.84. The molecule has 0 bridgehead atoms. The molecule has 162 valence electrons. The van der Waals surface area contributed by atoms with Gasteiger partial charge in [0.1, 0.15) is 5.75 Å². The monoisotopic (exact) mass is 531 g/mol. The molecule has 32 heavy (non-hydrogen) atoms. The van der Waals surface area contributed by atoms with Crippen LogP contribution in [-0.2, 0) is 5.72 Å². The second kappa shape index (κ2) is 7.76. The molecule has 2 heterocycles. The highest BCUT2D eigenvalue weighted by atomic mass is 79.9. The van der Waals surface area contributed by atoms with Gasteiger partial charge in [-0.2, -0.15) is 5.10 Å². The minimum atomic E-state index is -1.03. The molecule has 0 aromatic heterocycles. The number of nitrogens with zero attached hydrogens (tertiary/aromatic N) is 3. The summed E-state index contributed by atoms with van der Waals surface area (Å²) in [5.41, 5.74) is 2.48. The Labute approximate surface area is 202 Å². The van der Waals surface area contributed by atoms with Crippen LogP contribution in [0.2, 0.25) is 10.0 Å². The molecule has 0 saturated heterocycles. The van der Waals surface area contributed by atoms with Gasteiger partial charge in [0.25, 0.3) is 5.69 Å². The zero-order valence-corrected chi connectivity index (χ0v) is 19.9. The standard InChI is InChI=1S/C23H16BrCl2N3O3/c1-23(14-4-8-17(9-5-14)29(30)31)28-21(18-10-16(25)11-19(26)22(18)32-23)12-20(27-28)13-2-6-15(24)7-3-13/h2-11,21H,12H2,1H3/t21-,23-/m1/s1. The molecule has 2 atom stereocenters. The molecule has 0 N–H and O–H groups in total. The average Bonchev–Trinajstić information content (AvgIpc) is 3.22. The largest absolute Gasteiger partial charge is 0.461 e. The van der Waals surface area contributed by atoms with Crippen molar-refractivity contribution in [2.24, 2.45) is 5.10 Å². The van der Waals surface area contributed by atoms with Gasteiger partial charge >= 0.3 is 0 Å². The molecule has 0 amide bonds. The molecule has 0 unspecified atom stereocenters. The van der Waals surface area contributed by atoms with Crippen LogP contribution in [0.25, 0.3) is 0 Å². The Morgan fingerprint density at radius 1 is 1.16 bits per heavy atom. The fraction of sp³-hybridized carbons (Fsp3) is 0.174. The molecular weight excluding hydrogens is 517 g/mol. The van der Waals surface area contributed by atoms with Gasteiger partial charge in [0, 0.05) is 46.1 Å². The summed E-state index contributed by atoms with van der Waals surface area (Å²) in [5.74, 6) is 0.547. The minimum absolute atomic E-state index is 0.00963. The van der Waals surface area contributed by atoms with Crippen LogP contribution in [-0.4, -0.2) is 15.6 Å². The molecule has 3 aromatic carbocycles. The van der Waals surface area contributed by atoms with Crippen molar-refractivity contribution in [1.82, 2.24) is 5.01 Å². The van der Waals surface area contributed by atoms with Crippen molar-refractivity contribution in [3.8, 4) is 5.75 Å². The number of ether oxygens (including phenoxy) is 1. The van der Waals surface area contributed by atoms with E-state index in [1.807, 2.05) is 42.3 Å². The van der Waals surface area contributed by atoms with E-state index in [9.17, 15) is 10.1 Å². The van der Waals surface area contributed by atoms with E-state index in [2.05, 4.69) is 15.9 Å². The number of fused-ring (bicyclic) bond motifs is 3. The van der Waals surface area contributed by atoms with E-state index >= 15 is 0 Å². The van der Waals surface area contributed by atoms with E-state index in [1.54, 1.807) is 18.2 Å². The quantitative estimate of drug-likeness (QED) is 0.267. The lowest BCUT2D eigenvalue weighted by atomic mass is 9.92. The lowest BCUT2D eigenvalue weighted by Gasteiger charge is -2.46. The summed E-state index contributed by atoms with van der Waals surface area (Å²) in [7, 11) is 0. The number of non-ortho nitro benzene ring substituents is 1. The topological polar surface area (TPSA) is 68.0 Å². The second-order valence-corrected chi connectivity index (χ2v) is 9.57. The predicted molar refractivity (Wildman–Crippen MR) is 127 cm³/mol. The van der Waals surface area contributed by atoms with Crippen molar-refractivity contribution in [2.75, 3.05) is 0 Å². The molecule has 0 fully saturated rings. The molecule has 0 saturated carbocycles. The number of hydrogen-bond donors (Lipinski definition) is 0. The first-order valence-corrected chi connectivity index (χ1v) is 11.4. The number of halogens is 3. The maximum Gasteiger partial charge on any atom is 0.269 e. The van der Waals surface area contributed by atoms with Crippen LogP contribution in [0.5, 0.6) is 5.75 Å². The van der Waals surface area contributed by atoms with Crippen molar-refractivity contribution in [3.63, 3.8) is 0 Å². The van der Waals surface area contributed by atoms with Gasteiger partial charge in [-0.15, -0.1) is 0 Å². The molecular formula is C23H16BrCl2N3O3. The molecule has 6 nitrogen and oxygen atoms in total. The fourth-order valence-corrected chi connectivity index (χ4v) is 5.04. The third-order valence-corrected chi connectivity index (χ3v) is 6.86. The summed E-state index contributed by atoms with van der Waals surface area (Å²) in [4.78, 5) is 10.7. The van der Waals surface area contributed by atoms with Gasteiger partial charge < -0.3 is 4.74 Å². The second-order valence-electron chi connectivity index (χ2n) is 7.81. The van der Waals surface area contributed by atoms with E-state index in [0.717, 1.165) is 26.9 Å². The van der Waals surface area contributed by atoms with Crippen LogP contribution in [0.3, 0.4) is 0 Å². The van der Waals surface area contributed by atoms with Crippen LogP contribution < -0.4 is 4.74 Å². The molecule has 0 spiro atoms. The Morgan fingerprint density at radius 3 is 2.50 bits per heavy atom. The smallest absolute Gasteiger partial charge is 0.269 e. The number of benzene rings is 3. The maximum absolute atomic E-state index is 11.1. The first-order chi connectivity index (χ1) is 15.3. The zero-order valence-electron chi connectivity index (χ0n) is 16.8. The summed E-state index contributed by atoms with van der Waals surface area (Å²) in [6.45, 7) is 1.89. The summed E-state index contributed by atoms with van der Waals surface area (Å²) in [5, 5.41) is 18.9. The van der Waals surface area contributed by atoms with Crippen LogP contribution in [0.1, 0.15) is 36.1 Å². The van der Waals surface area contributed by atoms with Gasteiger partial charge in [0.15, 0.2) is 0 Å². The van der Waals surface area contributed by atoms with E-state index in [4.69, 9.17) is 33.0 Å². The zero-order chi connectivity index (χ0) is 22.6. The highest BCUT2D eigenvalue weighted by Crippen LogP contribution is 2.53. The van der Waals surface area contributed by atoms with E-state index in [0.29, 0.717) is 22.2 Å². The molecule has 2 aliphatic heterocycles. The maximum atomic E-state index is 11.1. The van der Waals surface area contributed by atoms with Gasteiger partial charge in [-0.1, -0.05) is 51.3 Å². The summed E-state index contributed by atoms with van der Waals surface area (Å²) in [6, 6.07) is 17.6. The highest BCUT2D eigenvalue weighted by Gasteiger charge is 2.49. The van der Waals surface area contributed by atoms with Crippen LogP contribution >= 0.6 is 39.1 Å². The Balaban J connectivity index is 1.65. The van der Waals surface area contributed by atoms with Crippen LogP contribution in [0.15, 0.2) is 70.2 Å². The van der Waals surface area contributed by atoms with Crippen molar-refractivity contribution >= 4 is 50.5 Å². The highest BCUT2D eigenvalue weighted by molar-refractivity contribution is 9.10. The Hall–Kier alpha value is -2.61. The molecule has 2 aliphatic rings. The number of nitro benzene ring substituents is 1. The Bertz CT molecular complexity index is 1260. The number of nitro groups is 1. The van der Waals surface area contributed by atoms with Crippen molar-refractivity contribution in [3.05, 3.63) is 102 Å². The average molecular weight is 533 g/mol. The van der Waals surface area contributed by atoms with Gasteiger partial charge in [-0.3, -0.25) is 10.1 Å². The Kier molecular flexibility index (Phi) is 5.15. The lowest BCUT2D eigenvalue weighted by Crippen LogP contribution is -2.48. The SMILES string of the molecule is C[C@]1(c2ccc([N+](=O)[O-])cc2)Oc2c(Cl)cc(Cl)cc2[C@H]2CC(c3ccc(Br)cc3)=NN21. The predicted octanol–water partition coefficient (Wildman–Crippen LogP) is 7.08. The van der Waals surface area contributed by atoms with E-state index in [1.165, 1.54) is 12.1 Å². The van der Waals surface area contributed by atoms with Crippen LogP contribution in [0, 0.1) is 10.1 Å². The van der Waals surface area contributed by atoms with Crippen molar-refractivity contribution < 1.29 is 9.66 Å². The molecule has 9 heteroatoms. The Morgan fingerprint density at radius 2 is 1.84 bits per heavy atom. The van der Waals surface area contributed by atoms with E-state index < -0.39 is 10.6 Å². The number of hydrazone groups is 1. The van der Waals surface area contributed by atoms with Gasteiger partial charge in [0.05, 0.1) is 21.7 Å². The molecule has 0 aliphatic carbocycles. The van der Waals surface area contributed by atoms with Gasteiger partial charge in [-0.25, -0.2) is 5.01 Å². The van der Waals surface area contributed by atoms with Crippen molar-refractivity contribution in [2.45, 2.75) is 25.1 Å². The first kappa shape index (κ1) is 21.2. The number of hydrogen-bond acceptors (Lipinski definition) is 5. The normalized spacial score (nSPS) is 21.4.